The van der Waals surface area contributed by atoms with E-state index in [2.05, 4.69) is 102 Å². The van der Waals surface area contributed by atoms with Crippen LogP contribution in [0.3, 0.4) is 0 Å². The standard InChI is InChI=1S/C34H30N2.2CN.Pt/c1-19-15-21(3)30(22(4)16-19)26-11-13-35-33-28(26)9-7-25-8-10-29-27(12-14-36-34(29)32(25)33)31-23(5)17-20(2)18-24(31)6;2*1-2;/h7-18H,1-6H3;;;. The van der Waals surface area contributed by atoms with Crippen molar-refractivity contribution in [3.63, 3.8) is 0 Å². The first-order valence-electron chi connectivity index (χ1n) is 13.4. The van der Waals surface area contributed by atoms with Gasteiger partial charge in [-0.05, 0) is 104 Å². The second-order valence-electron chi connectivity index (χ2n) is 10.5. The first kappa shape index (κ1) is 28.2. The summed E-state index contributed by atoms with van der Waals surface area (Å²) in [7, 11) is 0. The van der Waals surface area contributed by atoms with Crippen LogP contribution in [0.2, 0.25) is 0 Å². The van der Waals surface area contributed by atoms with Crippen molar-refractivity contribution in [3.05, 3.63) is 106 Å². The van der Waals surface area contributed by atoms with E-state index >= 15 is 0 Å². The molecule has 41 heavy (non-hydrogen) atoms. The third-order valence-corrected chi connectivity index (χ3v) is 8.07. The summed E-state index contributed by atoms with van der Waals surface area (Å²) in [5.41, 5.74) is 14.8. The minimum atomic E-state index is -0.765. The van der Waals surface area contributed by atoms with Crippen LogP contribution >= 0.6 is 0 Å². The fourth-order valence-electron chi connectivity index (χ4n) is 6.30. The van der Waals surface area contributed by atoms with E-state index in [0.717, 1.165) is 16.4 Å². The van der Waals surface area contributed by atoms with E-state index in [0.29, 0.717) is 0 Å². The maximum atomic E-state index is 7.64. The SMILES string of the molecule is Cc1cc(C)c(-c2ccnc3c2ccc2ccc4c(-c5c(C)cc(C)cc5C)ccnc4c23)c(C)c1.N#[C][Pt][C]#N. The summed E-state index contributed by atoms with van der Waals surface area (Å²) >= 11 is -0.765. The number of nitrogens with zero attached hydrogens (tertiary/aromatic N) is 4. The third kappa shape index (κ3) is 5.25. The van der Waals surface area contributed by atoms with Crippen LogP contribution in [-0.2, 0) is 18.6 Å². The Hall–Kier alpha value is -4.37. The Balaban J connectivity index is 0.000000623. The van der Waals surface area contributed by atoms with Gasteiger partial charge in [0.2, 0.25) is 0 Å². The van der Waals surface area contributed by atoms with E-state index in [1.165, 1.54) is 71.8 Å². The Morgan fingerprint density at radius 3 is 1.29 bits per heavy atom. The summed E-state index contributed by atoms with van der Waals surface area (Å²) in [6.07, 6.45) is 3.90. The van der Waals surface area contributed by atoms with Crippen LogP contribution in [0, 0.1) is 61.0 Å². The van der Waals surface area contributed by atoms with E-state index in [4.69, 9.17) is 20.5 Å². The van der Waals surface area contributed by atoms with Gasteiger partial charge in [-0.25, -0.2) is 0 Å². The number of aromatic nitrogens is 2. The van der Waals surface area contributed by atoms with Crippen molar-refractivity contribution in [1.29, 1.82) is 10.5 Å². The zero-order valence-electron chi connectivity index (χ0n) is 24.0. The molecule has 5 heteroatoms. The molecule has 4 nitrogen and oxygen atoms in total. The van der Waals surface area contributed by atoms with Gasteiger partial charge < -0.3 is 0 Å². The van der Waals surface area contributed by atoms with Crippen molar-refractivity contribution in [2.75, 3.05) is 0 Å². The van der Waals surface area contributed by atoms with Gasteiger partial charge in [0.05, 0.1) is 11.0 Å². The quantitative estimate of drug-likeness (QED) is 0.168. The summed E-state index contributed by atoms with van der Waals surface area (Å²) in [6.45, 7) is 13.1. The van der Waals surface area contributed by atoms with E-state index in [-0.39, 0.29) is 0 Å². The van der Waals surface area contributed by atoms with Crippen LogP contribution in [0.5, 0.6) is 0 Å². The van der Waals surface area contributed by atoms with Crippen molar-refractivity contribution in [3.8, 4) is 31.2 Å². The van der Waals surface area contributed by atoms with Gasteiger partial charge in [-0.15, -0.1) is 0 Å². The van der Waals surface area contributed by atoms with Gasteiger partial charge in [-0.2, -0.15) is 0 Å². The van der Waals surface area contributed by atoms with Crippen molar-refractivity contribution < 1.29 is 18.6 Å². The van der Waals surface area contributed by atoms with Gasteiger partial charge in [0.25, 0.3) is 0 Å². The van der Waals surface area contributed by atoms with Gasteiger partial charge >= 0.3 is 38.0 Å². The van der Waals surface area contributed by atoms with Crippen molar-refractivity contribution in [2.45, 2.75) is 41.5 Å². The monoisotopic (exact) mass is 713 g/mol. The number of hydrogen-bond donors (Lipinski definition) is 0. The Kier molecular flexibility index (Phi) is 7.98. The molecule has 4 aromatic carbocycles. The second kappa shape index (κ2) is 11.6. The molecule has 6 rings (SSSR count). The number of pyridine rings is 2. The number of nitriles is 2. The molecule has 0 unspecified atom stereocenters. The average molecular weight is 714 g/mol. The van der Waals surface area contributed by atoms with Crippen LogP contribution in [0.1, 0.15) is 33.4 Å². The van der Waals surface area contributed by atoms with Crippen molar-refractivity contribution >= 4 is 32.6 Å². The molecule has 0 aliphatic carbocycles. The van der Waals surface area contributed by atoms with Gasteiger partial charge in [-0.1, -0.05) is 59.7 Å². The topological polar surface area (TPSA) is 73.4 Å². The normalized spacial score (nSPS) is 10.8. The number of aryl methyl sites for hydroxylation is 6. The molecule has 204 valence electrons. The molecule has 0 spiro atoms. The Morgan fingerprint density at radius 1 is 0.561 bits per heavy atom. The molecule has 0 aliphatic heterocycles. The molecule has 0 aliphatic rings. The molecule has 2 heterocycles. The molecule has 0 saturated heterocycles. The molecule has 0 saturated carbocycles. The summed E-state index contributed by atoms with van der Waals surface area (Å²) in [4.78, 5) is 9.86. The first-order chi connectivity index (χ1) is 19.7. The van der Waals surface area contributed by atoms with Gasteiger partial charge in [0.15, 0.2) is 0 Å². The van der Waals surface area contributed by atoms with Crippen molar-refractivity contribution in [1.82, 2.24) is 9.97 Å². The molecule has 0 bridgehead atoms. The first-order valence-corrected chi connectivity index (χ1v) is 15.6. The van der Waals surface area contributed by atoms with Crippen LogP contribution in [0.25, 0.3) is 54.8 Å². The zero-order chi connectivity index (χ0) is 29.3. The van der Waals surface area contributed by atoms with Crippen LogP contribution in [0.4, 0.5) is 0 Å². The second-order valence-corrected chi connectivity index (χ2v) is 12.1. The predicted octanol–water partition coefficient (Wildman–Crippen LogP) is 9.15. The van der Waals surface area contributed by atoms with E-state index in [9.17, 15) is 0 Å². The van der Waals surface area contributed by atoms with Crippen molar-refractivity contribution in [2.24, 2.45) is 0 Å². The molecule has 0 atom stereocenters. The Morgan fingerprint density at radius 2 is 0.951 bits per heavy atom. The zero-order valence-corrected chi connectivity index (χ0v) is 26.3. The molecule has 6 aromatic rings. The van der Waals surface area contributed by atoms with E-state index in [1.54, 1.807) is 8.92 Å². The molecular weight excluding hydrogens is 684 g/mol. The molecule has 0 amide bonds. The number of rotatable bonds is 2. The molecule has 2 aromatic heterocycles. The Bertz CT molecular complexity index is 1870. The fourth-order valence-corrected chi connectivity index (χ4v) is 6.41. The van der Waals surface area contributed by atoms with Gasteiger partial charge in [0, 0.05) is 28.6 Å². The number of fused-ring (bicyclic) bond motifs is 5. The van der Waals surface area contributed by atoms with Crippen LogP contribution in [0.15, 0.2) is 73.1 Å². The maximum absolute atomic E-state index is 7.64. The molecule has 0 N–H and O–H groups in total. The Labute approximate surface area is 249 Å². The fraction of sp³-hybridized carbons (Fsp3) is 0.167. The molecular formula is C36H30N4Pt. The summed E-state index contributed by atoms with van der Waals surface area (Å²) < 4.78 is 3.53. The van der Waals surface area contributed by atoms with Gasteiger partial charge in [-0.3, -0.25) is 9.97 Å². The minimum absolute atomic E-state index is 0.765. The summed E-state index contributed by atoms with van der Waals surface area (Å²) in [5.74, 6) is 0. The summed E-state index contributed by atoms with van der Waals surface area (Å²) in [5, 5.41) is 19.9. The van der Waals surface area contributed by atoms with E-state index < -0.39 is 18.6 Å². The number of benzene rings is 4. The van der Waals surface area contributed by atoms with E-state index in [1.807, 2.05) is 12.4 Å². The van der Waals surface area contributed by atoms with Crippen LogP contribution in [-0.4, -0.2) is 9.97 Å². The molecule has 0 radical (unpaired) electrons. The average Bonchev–Trinajstić information content (AvgIpc) is 2.92. The number of hydrogen-bond acceptors (Lipinski definition) is 4. The molecule has 0 fully saturated rings. The summed E-state index contributed by atoms with van der Waals surface area (Å²) in [6, 6.07) is 22.3. The third-order valence-electron chi connectivity index (χ3n) is 7.57. The predicted molar refractivity (Wildman–Crippen MR) is 165 cm³/mol. The van der Waals surface area contributed by atoms with Crippen LogP contribution < -0.4 is 0 Å². The van der Waals surface area contributed by atoms with Gasteiger partial charge in [0.1, 0.15) is 0 Å².